The monoisotopic (exact) mass is 297 g/mol. The first-order chi connectivity index (χ1) is 8.17. The molecule has 0 amide bonds. The Balaban J connectivity index is 2.54. The van der Waals surface area contributed by atoms with Gasteiger partial charge in [0.15, 0.2) is 0 Å². The molecule has 0 heterocycles. The van der Waals surface area contributed by atoms with Gasteiger partial charge < -0.3 is 5.32 Å². The molecular weight excluding hydrogens is 274 g/mol. The van der Waals surface area contributed by atoms with E-state index in [4.69, 9.17) is 0 Å². The van der Waals surface area contributed by atoms with E-state index in [0.29, 0.717) is 12.1 Å². The minimum absolute atomic E-state index is 0.425. The fourth-order valence-electron chi connectivity index (χ4n) is 2.08. The minimum atomic E-state index is 0.425. The van der Waals surface area contributed by atoms with Crippen LogP contribution in [0.15, 0.2) is 28.7 Å². The molecule has 1 nitrogen and oxygen atoms in total. The summed E-state index contributed by atoms with van der Waals surface area (Å²) in [4.78, 5) is 0. The quantitative estimate of drug-likeness (QED) is 0.741. The standard InChI is InChI=1S/C15H24BrN/c1-4-6-10-15(5-2)17-12(3)13-8-7-9-14(16)11-13/h7-9,11-12,15,17H,4-6,10H2,1-3H3. The third-order valence-electron chi connectivity index (χ3n) is 3.23. The second-order valence-corrected chi connectivity index (χ2v) is 5.61. The predicted molar refractivity (Wildman–Crippen MR) is 79.3 cm³/mol. The highest BCUT2D eigenvalue weighted by molar-refractivity contribution is 9.10. The van der Waals surface area contributed by atoms with Gasteiger partial charge in [-0.05, 0) is 37.5 Å². The van der Waals surface area contributed by atoms with E-state index in [1.54, 1.807) is 0 Å². The number of hydrogen-bond acceptors (Lipinski definition) is 1. The van der Waals surface area contributed by atoms with Gasteiger partial charge in [0.05, 0.1) is 0 Å². The molecule has 1 N–H and O–H groups in total. The van der Waals surface area contributed by atoms with Gasteiger partial charge in [-0.1, -0.05) is 54.8 Å². The van der Waals surface area contributed by atoms with Gasteiger partial charge in [-0.2, -0.15) is 0 Å². The van der Waals surface area contributed by atoms with Crippen LogP contribution in [-0.4, -0.2) is 6.04 Å². The number of unbranched alkanes of at least 4 members (excludes halogenated alkanes) is 1. The Bertz CT molecular complexity index is 324. The van der Waals surface area contributed by atoms with E-state index in [0.717, 1.165) is 4.47 Å². The topological polar surface area (TPSA) is 12.0 Å². The molecule has 2 unspecified atom stereocenters. The van der Waals surface area contributed by atoms with E-state index in [1.807, 2.05) is 0 Å². The molecule has 0 aromatic heterocycles. The van der Waals surface area contributed by atoms with Gasteiger partial charge in [0.25, 0.3) is 0 Å². The normalized spacial score (nSPS) is 14.6. The summed E-state index contributed by atoms with van der Waals surface area (Å²) in [5.74, 6) is 0. The van der Waals surface area contributed by atoms with E-state index >= 15 is 0 Å². The fraction of sp³-hybridized carbons (Fsp3) is 0.600. The molecule has 0 radical (unpaired) electrons. The molecule has 0 saturated carbocycles. The van der Waals surface area contributed by atoms with Crippen LogP contribution < -0.4 is 5.32 Å². The molecule has 0 aliphatic rings. The van der Waals surface area contributed by atoms with Gasteiger partial charge >= 0.3 is 0 Å². The molecule has 0 saturated heterocycles. The summed E-state index contributed by atoms with van der Waals surface area (Å²) in [6.07, 6.45) is 5.09. The van der Waals surface area contributed by atoms with Gasteiger partial charge in [0.2, 0.25) is 0 Å². The van der Waals surface area contributed by atoms with Crippen molar-refractivity contribution in [2.75, 3.05) is 0 Å². The average molecular weight is 298 g/mol. The van der Waals surface area contributed by atoms with E-state index in [2.05, 4.69) is 66.3 Å². The van der Waals surface area contributed by atoms with Crippen molar-refractivity contribution in [1.82, 2.24) is 5.32 Å². The number of benzene rings is 1. The maximum absolute atomic E-state index is 3.72. The van der Waals surface area contributed by atoms with Crippen LogP contribution in [-0.2, 0) is 0 Å². The van der Waals surface area contributed by atoms with Crippen molar-refractivity contribution in [3.05, 3.63) is 34.3 Å². The van der Waals surface area contributed by atoms with Crippen LogP contribution >= 0.6 is 15.9 Å². The summed E-state index contributed by atoms with van der Waals surface area (Å²) in [7, 11) is 0. The first-order valence-electron chi connectivity index (χ1n) is 6.68. The molecule has 1 aromatic carbocycles. The molecule has 2 atom stereocenters. The third kappa shape index (κ3) is 5.22. The molecule has 1 rings (SSSR count). The zero-order valence-electron chi connectivity index (χ0n) is 11.2. The number of halogens is 1. The summed E-state index contributed by atoms with van der Waals surface area (Å²) in [6.45, 7) is 6.77. The van der Waals surface area contributed by atoms with Crippen LogP contribution in [0.3, 0.4) is 0 Å². The van der Waals surface area contributed by atoms with Crippen molar-refractivity contribution in [2.24, 2.45) is 0 Å². The SMILES string of the molecule is CCCCC(CC)NC(C)c1cccc(Br)c1. The van der Waals surface area contributed by atoms with Gasteiger partial charge in [-0.25, -0.2) is 0 Å². The first-order valence-corrected chi connectivity index (χ1v) is 7.48. The van der Waals surface area contributed by atoms with Crippen molar-refractivity contribution in [3.63, 3.8) is 0 Å². The smallest absolute Gasteiger partial charge is 0.0294 e. The highest BCUT2D eigenvalue weighted by atomic mass is 79.9. The maximum Gasteiger partial charge on any atom is 0.0294 e. The van der Waals surface area contributed by atoms with Crippen molar-refractivity contribution < 1.29 is 0 Å². The highest BCUT2D eigenvalue weighted by Crippen LogP contribution is 2.19. The van der Waals surface area contributed by atoms with Crippen LogP contribution in [0.1, 0.15) is 58.1 Å². The maximum atomic E-state index is 3.72. The number of rotatable bonds is 7. The van der Waals surface area contributed by atoms with Gasteiger partial charge in [0.1, 0.15) is 0 Å². The molecule has 96 valence electrons. The molecule has 0 aliphatic heterocycles. The lowest BCUT2D eigenvalue weighted by Crippen LogP contribution is -2.30. The number of hydrogen-bond donors (Lipinski definition) is 1. The molecular formula is C15H24BrN. The van der Waals surface area contributed by atoms with Crippen LogP contribution in [0.2, 0.25) is 0 Å². The van der Waals surface area contributed by atoms with Crippen molar-refractivity contribution >= 4 is 15.9 Å². The summed E-state index contributed by atoms with van der Waals surface area (Å²) in [5, 5.41) is 3.72. The Morgan fingerprint density at radius 1 is 1.29 bits per heavy atom. The van der Waals surface area contributed by atoms with Gasteiger partial charge in [-0.3, -0.25) is 0 Å². The van der Waals surface area contributed by atoms with Crippen LogP contribution in [0.25, 0.3) is 0 Å². The zero-order chi connectivity index (χ0) is 12.7. The minimum Gasteiger partial charge on any atom is -0.307 e. The second kappa shape index (κ2) is 7.88. The lowest BCUT2D eigenvalue weighted by atomic mass is 10.0. The molecule has 17 heavy (non-hydrogen) atoms. The highest BCUT2D eigenvalue weighted by Gasteiger charge is 2.11. The number of nitrogens with one attached hydrogen (secondary N) is 1. The Kier molecular flexibility index (Phi) is 6.83. The lowest BCUT2D eigenvalue weighted by molar-refractivity contribution is 0.410. The molecule has 0 bridgehead atoms. The van der Waals surface area contributed by atoms with E-state index in [-0.39, 0.29) is 0 Å². The van der Waals surface area contributed by atoms with Crippen LogP contribution in [0.5, 0.6) is 0 Å². The Morgan fingerprint density at radius 3 is 2.65 bits per heavy atom. The van der Waals surface area contributed by atoms with E-state index in [9.17, 15) is 0 Å². The van der Waals surface area contributed by atoms with Gasteiger partial charge in [0, 0.05) is 16.6 Å². The lowest BCUT2D eigenvalue weighted by Gasteiger charge is -2.22. The van der Waals surface area contributed by atoms with Gasteiger partial charge in [-0.15, -0.1) is 0 Å². The average Bonchev–Trinajstić information content (AvgIpc) is 2.34. The molecule has 0 fully saturated rings. The predicted octanol–water partition coefficient (Wildman–Crippen LogP) is 5.07. The van der Waals surface area contributed by atoms with Crippen molar-refractivity contribution in [3.8, 4) is 0 Å². The molecule has 2 heteroatoms. The van der Waals surface area contributed by atoms with Crippen LogP contribution in [0.4, 0.5) is 0 Å². The summed E-state index contributed by atoms with van der Waals surface area (Å²) >= 11 is 3.53. The molecule has 0 spiro atoms. The third-order valence-corrected chi connectivity index (χ3v) is 3.73. The summed E-state index contributed by atoms with van der Waals surface area (Å²) in [5.41, 5.74) is 1.36. The van der Waals surface area contributed by atoms with Crippen LogP contribution in [0, 0.1) is 0 Å². The van der Waals surface area contributed by atoms with Crippen molar-refractivity contribution in [2.45, 2.75) is 58.5 Å². The first kappa shape index (κ1) is 14.7. The Hall–Kier alpha value is -0.340. The largest absolute Gasteiger partial charge is 0.307 e. The Labute approximate surface area is 114 Å². The van der Waals surface area contributed by atoms with E-state index < -0.39 is 0 Å². The fourth-order valence-corrected chi connectivity index (χ4v) is 2.50. The molecule has 1 aromatic rings. The summed E-state index contributed by atoms with van der Waals surface area (Å²) < 4.78 is 1.16. The Morgan fingerprint density at radius 2 is 2.06 bits per heavy atom. The molecule has 0 aliphatic carbocycles. The van der Waals surface area contributed by atoms with Crippen molar-refractivity contribution in [1.29, 1.82) is 0 Å². The second-order valence-electron chi connectivity index (χ2n) is 4.69. The summed E-state index contributed by atoms with van der Waals surface area (Å²) in [6, 6.07) is 9.63. The zero-order valence-corrected chi connectivity index (χ0v) is 12.8. The van der Waals surface area contributed by atoms with E-state index in [1.165, 1.54) is 31.2 Å².